The van der Waals surface area contributed by atoms with Crippen LogP contribution in [0.5, 0.6) is 23.0 Å². The number of ether oxygens (including phenoxy) is 4. The molecule has 0 bridgehead atoms. The van der Waals surface area contributed by atoms with Crippen LogP contribution in [0.15, 0.2) is 54.9 Å². The van der Waals surface area contributed by atoms with Gasteiger partial charge in [-0.25, -0.2) is 0 Å². The Hall–Kier alpha value is -3.41. The van der Waals surface area contributed by atoms with Crippen molar-refractivity contribution >= 4 is 21.5 Å². The third-order valence-electron chi connectivity index (χ3n) is 4.48. The molecule has 0 aliphatic heterocycles. The van der Waals surface area contributed by atoms with Crippen LogP contribution in [0.25, 0.3) is 21.5 Å². The van der Waals surface area contributed by atoms with Gasteiger partial charge in [-0.15, -0.1) is 0 Å². The molecule has 6 heteroatoms. The number of rotatable bonds is 4. The van der Waals surface area contributed by atoms with Gasteiger partial charge in [-0.05, 0) is 51.9 Å². The molecule has 0 spiro atoms. The van der Waals surface area contributed by atoms with Gasteiger partial charge in [-0.1, -0.05) is 12.1 Å². The molecule has 4 rings (SSSR count). The molecule has 1 heterocycles. The van der Waals surface area contributed by atoms with E-state index in [1.165, 1.54) is 0 Å². The zero-order chi connectivity index (χ0) is 20.1. The van der Waals surface area contributed by atoms with Gasteiger partial charge in [-0.3, -0.25) is 4.68 Å². The van der Waals surface area contributed by atoms with Crippen LogP contribution in [-0.2, 0) is 7.05 Å². The molecule has 6 nitrogen and oxygen atoms in total. The molecule has 0 N–H and O–H groups in total. The summed E-state index contributed by atoms with van der Waals surface area (Å²) in [6.45, 7) is 0. The predicted molar refractivity (Wildman–Crippen MR) is 111 cm³/mol. The number of nitrogens with zero attached hydrogens (tertiary/aromatic N) is 2. The summed E-state index contributed by atoms with van der Waals surface area (Å²) in [4.78, 5) is 0. The van der Waals surface area contributed by atoms with Crippen molar-refractivity contribution in [2.24, 2.45) is 7.05 Å². The van der Waals surface area contributed by atoms with Crippen LogP contribution in [0.4, 0.5) is 0 Å². The van der Waals surface area contributed by atoms with Crippen molar-refractivity contribution in [2.45, 2.75) is 0 Å². The summed E-state index contributed by atoms with van der Waals surface area (Å²) < 4.78 is 23.3. The summed E-state index contributed by atoms with van der Waals surface area (Å²) in [6.07, 6.45) is 3.64. The van der Waals surface area contributed by atoms with E-state index in [-0.39, 0.29) is 0 Å². The Morgan fingerprint density at radius 3 is 1.39 bits per heavy atom. The Balaban J connectivity index is 0.000000320. The minimum absolute atomic E-state index is 0.706. The molecule has 0 saturated carbocycles. The van der Waals surface area contributed by atoms with Crippen LogP contribution < -0.4 is 18.9 Å². The highest BCUT2D eigenvalue weighted by Gasteiger charge is 2.11. The van der Waals surface area contributed by atoms with Crippen molar-refractivity contribution in [2.75, 3.05) is 28.4 Å². The van der Waals surface area contributed by atoms with Crippen molar-refractivity contribution in [1.29, 1.82) is 0 Å². The number of hydrogen-bond donors (Lipinski definition) is 0. The molecule has 0 aliphatic carbocycles. The lowest BCUT2D eigenvalue weighted by atomic mass is 10.0. The maximum Gasteiger partial charge on any atom is 0.161 e. The SMILES string of the molecule is COc1cc2ccc3cc(OC)c(OC)cc3c2cc1OC.Cn1cccn1. The molecule has 0 fully saturated rings. The smallest absolute Gasteiger partial charge is 0.161 e. The molecule has 146 valence electrons. The number of benzene rings is 3. The van der Waals surface area contributed by atoms with Crippen LogP contribution in [0.2, 0.25) is 0 Å². The normalized spacial score (nSPS) is 10.3. The Labute approximate surface area is 164 Å². The zero-order valence-electron chi connectivity index (χ0n) is 16.7. The highest BCUT2D eigenvalue weighted by Crippen LogP contribution is 2.39. The van der Waals surface area contributed by atoms with E-state index < -0.39 is 0 Å². The van der Waals surface area contributed by atoms with E-state index >= 15 is 0 Å². The first kappa shape index (κ1) is 19.4. The van der Waals surface area contributed by atoms with Crippen molar-refractivity contribution in [3.8, 4) is 23.0 Å². The maximum atomic E-state index is 5.41. The van der Waals surface area contributed by atoms with E-state index in [2.05, 4.69) is 17.2 Å². The minimum Gasteiger partial charge on any atom is -0.493 e. The fourth-order valence-electron chi connectivity index (χ4n) is 3.06. The number of fused-ring (bicyclic) bond motifs is 3. The lowest BCUT2D eigenvalue weighted by Crippen LogP contribution is -1.92. The first-order chi connectivity index (χ1) is 13.6. The van der Waals surface area contributed by atoms with Crippen molar-refractivity contribution < 1.29 is 18.9 Å². The van der Waals surface area contributed by atoms with Crippen LogP contribution >= 0.6 is 0 Å². The first-order valence-corrected chi connectivity index (χ1v) is 8.75. The average molecular weight is 380 g/mol. The van der Waals surface area contributed by atoms with E-state index in [0.29, 0.717) is 11.5 Å². The lowest BCUT2D eigenvalue weighted by Gasteiger charge is -2.13. The summed E-state index contributed by atoms with van der Waals surface area (Å²) in [5.41, 5.74) is 0. The summed E-state index contributed by atoms with van der Waals surface area (Å²) in [5, 5.41) is 8.15. The number of hydrogen-bond acceptors (Lipinski definition) is 5. The topological polar surface area (TPSA) is 54.7 Å². The van der Waals surface area contributed by atoms with Crippen molar-refractivity contribution in [3.63, 3.8) is 0 Å². The Morgan fingerprint density at radius 2 is 1.11 bits per heavy atom. The minimum atomic E-state index is 0.706. The van der Waals surface area contributed by atoms with Gasteiger partial charge in [0.2, 0.25) is 0 Å². The monoisotopic (exact) mass is 380 g/mol. The van der Waals surface area contributed by atoms with E-state index in [4.69, 9.17) is 18.9 Å². The second-order valence-electron chi connectivity index (χ2n) is 6.10. The summed E-state index contributed by atoms with van der Waals surface area (Å²) in [6, 6.07) is 13.9. The molecular formula is C22H24N2O4. The van der Waals surface area contributed by atoms with Gasteiger partial charge in [0.25, 0.3) is 0 Å². The van der Waals surface area contributed by atoms with Crippen LogP contribution in [0, 0.1) is 0 Å². The van der Waals surface area contributed by atoms with Crippen molar-refractivity contribution in [3.05, 3.63) is 54.9 Å². The average Bonchev–Trinajstić information content (AvgIpc) is 3.22. The van der Waals surface area contributed by atoms with Crippen LogP contribution in [-0.4, -0.2) is 38.2 Å². The third-order valence-corrected chi connectivity index (χ3v) is 4.48. The fourth-order valence-corrected chi connectivity index (χ4v) is 3.06. The quantitative estimate of drug-likeness (QED) is 0.490. The van der Waals surface area contributed by atoms with E-state index in [1.54, 1.807) is 39.3 Å². The van der Waals surface area contributed by atoms with Gasteiger partial charge in [0.05, 0.1) is 28.4 Å². The Kier molecular flexibility index (Phi) is 5.89. The largest absolute Gasteiger partial charge is 0.493 e. The molecule has 0 unspecified atom stereocenters. The molecule has 0 saturated heterocycles. The highest BCUT2D eigenvalue weighted by molar-refractivity contribution is 6.09. The Bertz CT molecular complexity index is 1000. The molecule has 0 aliphatic rings. The van der Waals surface area contributed by atoms with Gasteiger partial charge < -0.3 is 18.9 Å². The molecular weight excluding hydrogens is 356 g/mol. The van der Waals surface area contributed by atoms with E-state index in [0.717, 1.165) is 33.0 Å². The number of methoxy groups -OCH3 is 4. The second-order valence-corrected chi connectivity index (χ2v) is 6.10. The van der Waals surface area contributed by atoms with Crippen LogP contribution in [0.1, 0.15) is 0 Å². The fraction of sp³-hybridized carbons (Fsp3) is 0.227. The van der Waals surface area contributed by atoms with Gasteiger partial charge in [0.1, 0.15) is 0 Å². The van der Waals surface area contributed by atoms with Crippen molar-refractivity contribution in [1.82, 2.24) is 9.78 Å². The Morgan fingerprint density at radius 1 is 0.679 bits per heavy atom. The zero-order valence-corrected chi connectivity index (χ0v) is 16.7. The number of aryl methyl sites for hydroxylation is 1. The highest BCUT2D eigenvalue weighted by atomic mass is 16.5. The molecule has 28 heavy (non-hydrogen) atoms. The van der Waals surface area contributed by atoms with Gasteiger partial charge in [0.15, 0.2) is 23.0 Å². The molecule has 0 radical (unpaired) electrons. The standard InChI is InChI=1S/C18H18O4.C4H6N2/c1-19-15-7-11-5-6-12-8-16(20-2)18(22-4)10-14(12)13(11)9-17(15)21-3;1-6-4-2-3-5-6/h5-10H,1-4H3;2-4H,1H3. The molecule has 0 atom stereocenters. The number of aromatic nitrogens is 2. The molecule has 0 amide bonds. The molecule has 1 aromatic heterocycles. The van der Waals surface area contributed by atoms with Gasteiger partial charge in [0, 0.05) is 19.4 Å². The van der Waals surface area contributed by atoms with Crippen LogP contribution in [0.3, 0.4) is 0 Å². The van der Waals surface area contributed by atoms with E-state index in [1.807, 2.05) is 43.6 Å². The lowest BCUT2D eigenvalue weighted by molar-refractivity contribution is 0.355. The predicted octanol–water partition coefficient (Wildman–Crippen LogP) is 4.45. The second kappa shape index (κ2) is 8.52. The van der Waals surface area contributed by atoms with E-state index in [9.17, 15) is 0 Å². The summed E-state index contributed by atoms with van der Waals surface area (Å²) in [5.74, 6) is 2.85. The molecule has 4 aromatic rings. The van der Waals surface area contributed by atoms with Gasteiger partial charge >= 0.3 is 0 Å². The summed E-state index contributed by atoms with van der Waals surface area (Å²) in [7, 11) is 8.44. The summed E-state index contributed by atoms with van der Waals surface area (Å²) >= 11 is 0. The molecule has 3 aromatic carbocycles. The third kappa shape index (κ3) is 3.81. The van der Waals surface area contributed by atoms with Gasteiger partial charge in [-0.2, -0.15) is 5.10 Å². The maximum absolute atomic E-state index is 5.41. The first-order valence-electron chi connectivity index (χ1n) is 8.75.